The monoisotopic (exact) mass is 414 g/mol. The number of halogens is 1. The number of para-hydroxylation sites is 1. The Morgan fingerprint density at radius 2 is 1.93 bits per heavy atom. The Labute approximate surface area is 173 Å². The summed E-state index contributed by atoms with van der Waals surface area (Å²) < 4.78 is 20.4. The summed E-state index contributed by atoms with van der Waals surface area (Å²) in [5.41, 5.74) is 1.70. The summed E-state index contributed by atoms with van der Waals surface area (Å²) in [6.07, 6.45) is 0. The number of hydrogen-bond donors (Lipinski definition) is 1. The van der Waals surface area contributed by atoms with Gasteiger partial charge in [0, 0.05) is 6.54 Å². The largest absolute Gasteiger partial charge is 0.496 e. The maximum absolute atomic E-state index is 13.1. The number of thioether (sulfide) groups is 1. The maximum Gasteiger partial charge on any atom is 0.230 e. The van der Waals surface area contributed by atoms with E-state index in [9.17, 15) is 9.18 Å². The summed E-state index contributed by atoms with van der Waals surface area (Å²) in [5, 5.41) is 12.1. The van der Waals surface area contributed by atoms with Gasteiger partial charge in [0.05, 0.1) is 24.5 Å². The number of nitrogens with zero attached hydrogens (tertiary/aromatic N) is 3. The lowest BCUT2D eigenvalue weighted by atomic mass is 10.1. The van der Waals surface area contributed by atoms with Crippen LogP contribution < -0.4 is 10.1 Å². The van der Waals surface area contributed by atoms with E-state index in [1.165, 1.54) is 23.9 Å². The van der Waals surface area contributed by atoms with Gasteiger partial charge in [-0.25, -0.2) is 4.39 Å². The Bertz CT molecular complexity index is 975. The summed E-state index contributed by atoms with van der Waals surface area (Å²) in [5.74, 6) is 1.20. The molecule has 6 nitrogen and oxygen atoms in total. The number of methoxy groups -OCH3 is 1. The van der Waals surface area contributed by atoms with Gasteiger partial charge >= 0.3 is 0 Å². The molecule has 0 radical (unpaired) electrons. The van der Waals surface area contributed by atoms with Gasteiger partial charge in [-0.2, -0.15) is 0 Å². The molecule has 0 saturated heterocycles. The van der Waals surface area contributed by atoms with Crippen LogP contribution in [0.2, 0.25) is 0 Å². The van der Waals surface area contributed by atoms with Crippen LogP contribution in [0.3, 0.4) is 0 Å². The fourth-order valence-corrected chi connectivity index (χ4v) is 3.77. The third kappa shape index (κ3) is 4.95. The zero-order valence-electron chi connectivity index (χ0n) is 16.6. The van der Waals surface area contributed by atoms with Crippen LogP contribution in [0.1, 0.15) is 25.5 Å². The van der Waals surface area contributed by atoms with Crippen molar-refractivity contribution in [1.29, 1.82) is 0 Å². The first-order valence-corrected chi connectivity index (χ1v) is 10.3. The van der Waals surface area contributed by atoms with E-state index in [-0.39, 0.29) is 23.5 Å². The summed E-state index contributed by atoms with van der Waals surface area (Å²) in [6.45, 7) is 4.53. The van der Waals surface area contributed by atoms with Crippen molar-refractivity contribution in [1.82, 2.24) is 20.1 Å². The molecule has 0 aliphatic rings. The molecule has 0 spiro atoms. The van der Waals surface area contributed by atoms with Crippen LogP contribution in [0.25, 0.3) is 11.4 Å². The lowest BCUT2D eigenvalue weighted by molar-refractivity contribution is -0.119. The molecule has 3 aromatic rings. The van der Waals surface area contributed by atoms with Crippen LogP contribution in [0.5, 0.6) is 5.75 Å². The average Bonchev–Trinajstić information content (AvgIpc) is 3.15. The predicted molar refractivity (Wildman–Crippen MR) is 111 cm³/mol. The molecule has 1 heterocycles. The minimum Gasteiger partial charge on any atom is -0.496 e. The van der Waals surface area contributed by atoms with E-state index in [2.05, 4.69) is 15.5 Å². The molecule has 1 amide bonds. The van der Waals surface area contributed by atoms with Crippen LogP contribution >= 0.6 is 11.8 Å². The SMILES string of the molecule is CCn1c(SCC(=O)N[C@@H](C)c2ccc(F)cc2)nnc1-c1ccccc1OC. The number of rotatable bonds is 8. The topological polar surface area (TPSA) is 69.0 Å². The van der Waals surface area contributed by atoms with Crippen molar-refractivity contribution in [3.63, 3.8) is 0 Å². The molecular formula is C21H23FN4O2S. The zero-order chi connectivity index (χ0) is 20.8. The number of nitrogens with one attached hydrogen (secondary N) is 1. The van der Waals surface area contributed by atoms with Crippen molar-refractivity contribution in [3.8, 4) is 17.1 Å². The number of carbonyl (C=O) groups is 1. The molecule has 0 aliphatic carbocycles. The van der Waals surface area contributed by atoms with Gasteiger partial charge in [-0.3, -0.25) is 4.79 Å². The smallest absolute Gasteiger partial charge is 0.230 e. The number of benzene rings is 2. The summed E-state index contributed by atoms with van der Waals surface area (Å²) >= 11 is 1.32. The molecule has 0 fully saturated rings. The molecule has 3 rings (SSSR count). The van der Waals surface area contributed by atoms with Gasteiger partial charge in [-0.15, -0.1) is 10.2 Å². The number of aromatic nitrogens is 3. The second-order valence-electron chi connectivity index (χ2n) is 6.38. The van der Waals surface area contributed by atoms with E-state index in [0.29, 0.717) is 17.5 Å². The van der Waals surface area contributed by atoms with Crippen LogP contribution in [0, 0.1) is 5.82 Å². The molecule has 2 aromatic carbocycles. The lowest BCUT2D eigenvalue weighted by Gasteiger charge is -2.14. The van der Waals surface area contributed by atoms with Crippen LogP contribution in [0.4, 0.5) is 4.39 Å². The molecular weight excluding hydrogens is 391 g/mol. The van der Waals surface area contributed by atoms with E-state index < -0.39 is 0 Å². The first-order chi connectivity index (χ1) is 14.0. The lowest BCUT2D eigenvalue weighted by Crippen LogP contribution is -2.28. The maximum atomic E-state index is 13.1. The van der Waals surface area contributed by atoms with Gasteiger partial charge in [-0.05, 0) is 43.7 Å². The molecule has 1 N–H and O–H groups in total. The minimum absolute atomic E-state index is 0.128. The van der Waals surface area contributed by atoms with E-state index in [0.717, 1.165) is 16.9 Å². The first-order valence-electron chi connectivity index (χ1n) is 9.27. The van der Waals surface area contributed by atoms with E-state index >= 15 is 0 Å². The van der Waals surface area contributed by atoms with Crippen molar-refractivity contribution in [3.05, 3.63) is 59.9 Å². The minimum atomic E-state index is -0.299. The Morgan fingerprint density at radius 3 is 2.62 bits per heavy atom. The predicted octanol–water partition coefficient (Wildman–Crippen LogP) is 4.08. The highest BCUT2D eigenvalue weighted by atomic mass is 32.2. The molecule has 1 atom stereocenters. The quantitative estimate of drug-likeness (QED) is 0.563. The van der Waals surface area contributed by atoms with Gasteiger partial charge in [0.15, 0.2) is 11.0 Å². The van der Waals surface area contributed by atoms with Gasteiger partial charge < -0.3 is 14.6 Å². The molecule has 0 bridgehead atoms. The van der Waals surface area contributed by atoms with E-state index in [4.69, 9.17) is 4.74 Å². The van der Waals surface area contributed by atoms with Crippen molar-refractivity contribution < 1.29 is 13.9 Å². The van der Waals surface area contributed by atoms with Crippen LogP contribution in [-0.2, 0) is 11.3 Å². The molecule has 0 saturated carbocycles. The highest BCUT2D eigenvalue weighted by Crippen LogP contribution is 2.30. The highest BCUT2D eigenvalue weighted by Gasteiger charge is 2.18. The molecule has 0 aliphatic heterocycles. The Balaban J connectivity index is 1.67. The second-order valence-corrected chi connectivity index (χ2v) is 7.32. The van der Waals surface area contributed by atoms with Crippen LogP contribution in [0.15, 0.2) is 53.7 Å². The van der Waals surface area contributed by atoms with Gasteiger partial charge in [0.25, 0.3) is 0 Å². The average molecular weight is 415 g/mol. The van der Waals surface area contributed by atoms with E-state index in [1.54, 1.807) is 19.2 Å². The summed E-state index contributed by atoms with van der Waals surface area (Å²) in [4.78, 5) is 12.4. The number of carbonyl (C=O) groups excluding carboxylic acids is 1. The molecule has 0 unspecified atom stereocenters. The molecule has 1 aromatic heterocycles. The highest BCUT2D eigenvalue weighted by molar-refractivity contribution is 7.99. The summed E-state index contributed by atoms with van der Waals surface area (Å²) in [7, 11) is 1.62. The standard InChI is InChI=1S/C21H23FN4O2S/c1-4-26-20(17-7-5-6-8-18(17)28-3)24-25-21(26)29-13-19(27)23-14(2)15-9-11-16(22)12-10-15/h5-12,14H,4,13H2,1-3H3,(H,23,27)/t14-/m0/s1. The first kappa shape index (κ1) is 20.9. The fourth-order valence-electron chi connectivity index (χ4n) is 2.96. The van der Waals surface area contributed by atoms with Crippen molar-refractivity contribution in [2.24, 2.45) is 0 Å². The van der Waals surface area contributed by atoms with Gasteiger partial charge in [0.2, 0.25) is 5.91 Å². The fraction of sp³-hybridized carbons (Fsp3) is 0.286. The molecule has 8 heteroatoms. The number of hydrogen-bond acceptors (Lipinski definition) is 5. The summed E-state index contributed by atoms with van der Waals surface area (Å²) in [6, 6.07) is 13.5. The van der Waals surface area contributed by atoms with Crippen molar-refractivity contribution in [2.75, 3.05) is 12.9 Å². The Kier molecular flexibility index (Phi) is 6.87. The second kappa shape index (κ2) is 9.56. The molecule has 29 heavy (non-hydrogen) atoms. The van der Waals surface area contributed by atoms with Gasteiger partial charge in [0.1, 0.15) is 11.6 Å². The van der Waals surface area contributed by atoms with Crippen molar-refractivity contribution >= 4 is 17.7 Å². The third-order valence-corrected chi connectivity index (χ3v) is 5.43. The third-order valence-electron chi connectivity index (χ3n) is 4.46. The van der Waals surface area contributed by atoms with E-state index in [1.807, 2.05) is 42.7 Å². The molecule has 152 valence electrons. The normalized spacial score (nSPS) is 11.9. The van der Waals surface area contributed by atoms with Gasteiger partial charge in [-0.1, -0.05) is 36.0 Å². The van der Waals surface area contributed by atoms with Crippen LogP contribution in [-0.4, -0.2) is 33.5 Å². The Hall–Kier alpha value is -2.87. The Morgan fingerprint density at radius 1 is 1.21 bits per heavy atom. The van der Waals surface area contributed by atoms with Crippen molar-refractivity contribution in [2.45, 2.75) is 31.6 Å². The number of ether oxygens (including phenoxy) is 1. The number of amides is 1. The zero-order valence-corrected chi connectivity index (χ0v) is 17.4.